The SMILES string of the molecule is NC(CSS(=O)(=O)O)=NC1CCCC1. The number of rotatable bonds is 4. The molecule has 0 heterocycles. The van der Waals surface area contributed by atoms with Gasteiger partial charge in [-0.05, 0) is 12.8 Å². The van der Waals surface area contributed by atoms with Gasteiger partial charge in [0.2, 0.25) is 0 Å². The highest BCUT2D eigenvalue weighted by Gasteiger charge is 2.14. The third-order valence-electron chi connectivity index (χ3n) is 2.03. The molecule has 14 heavy (non-hydrogen) atoms. The van der Waals surface area contributed by atoms with E-state index in [2.05, 4.69) is 4.99 Å². The van der Waals surface area contributed by atoms with E-state index in [9.17, 15) is 8.42 Å². The molecule has 0 radical (unpaired) electrons. The van der Waals surface area contributed by atoms with Crippen LogP contribution in [-0.2, 0) is 9.15 Å². The number of nitrogens with two attached hydrogens (primary N) is 1. The minimum absolute atomic E-state index is 0.0370. The van der Waals surface area contributed by atoms with Gasteiger partial charge in [0.1, 0.15) is 5.84 Å². The highest BCUT2D eigenvalue weighted by Crippen LogP contribution is 2.21. The summed E-state index contributed by atoms with van der Waals surface area (Å²) >= 11 is 0. The molecule has 82 valence electrons. The molecule has 3 N–H and O–H groups in total. The first-order valence-corrected chi connectivity index (χ1v) is 7.35. The van der Waals surface area contributed by atoms with Gasteiger partial charge < -0.3 is 5.73 Å². The fraction of sp³-hybridized carbons (Fsp3) is 0.857. The van der Waals surface area contributed by atoms with Crippen molar-refractivity contribution in [3.63, 3.8) is 0 Å². The maximum atomic E-state index is 10.4. The molecule has 0 bridgehead atoms. The van der Waals surface area contributed by atoms with Crippen LogP contribution in [0.15, 0.2) is 4.99 Å². The summed E-state index contributed by atoms with van der Waals surface area (Å²) in [5, 5.41) is 0. The molecule has 0 unspecified atom stereocenters. The predicted molar refractivity (Wildman–Crippen MR) is 57.9 cm³/mol. The maximum absolute atomic E-state index is 10.4. The molecular formula is C7H14N2O3S2. The van der Waals surface area contributed by atoms with Crippen LogP contribution in [0.5, 0.6) is 0 Å². The Morgan fingerprint density at radius 2 is 2.07 bits per heavy atom. The van der Waals surface area contributed by atoms with Gasteiger partial charge in [-0.2, -0.15) is 8.42 Å². The van der Waals surface area contributed by atoms with Gasteiger partial charge in [0.05, 0.1) is 11.8 Å². The predicted octanol–water partition coefficient (Wildman–Crippen LogP) is 0.822. The van der Waals surface area contributed by atoms with Crippen LogP contribution < -0.4 is 5.73 Å². The van der Waals surface area contributed by atoms with E-state index in [4.69, 9.17) is 10.3 Å². The van der Waals surface area contributed by atoms with Crippen LogP contribution in [0.1, 0.15) is 25.7 Å². The lowest BCUT2D eigenvalue weighted by Gasteiger charge is -2.04. The molecule has 0 aliphatic heterocycles. The molecule has 0 aromatic heterocycles. The van der Waals surface area contributed by atoms with Crippen molar-refractivity contribution >= 4 is 25.8 Å². The Bertz CT molecular complexity index is 307. The Hall–Kier alpha value is -0.270. The van der Waals surface area contributed by atoms with Crippen molar-refractivity contribution in [2.75, 3.05) is 5.75 Å². The van der Waals surface area contributed by atoms with Crippen LogP contribution in [0, 0.1) is 0 Å². The Morgan fingerprint density at radius 1 is 1.50 bits per heavy atom. The summed E-state index contributed by atoms with van der Waals surface area (Å²) in [6.07, 6.45) is 4.37. The Balaban J connectivity index is 2.36. The van der Waals surface area contributed by atoms with Gasteiger partial charge in [0.25, 0.3) is 0 Å². The second-order valence-electron chi connectivity index (χ2n) is 3.25. The monoisotopic (exact) mass is 238 g/mol. The molecule has 5 nitrogen and oxygen atoms in total. The van der Waals surface area contributed by atoms with Crippen molar-refractivity contribution < 1.29 is 13.0 Å². The van der Waals surface area contributed by atoms with E-state index in [0.29, 0.717) is 16.6 Å². The third kappa shape index (κ3) is 4.83. The lowest BCUT2D eigenvalue weighted by Crippen LogP contribution is -2.18. The van der Waals surface area contributed by atoms with Crippen LogP contribution >= 0.6 is 10.8 Å². The second-order valence-corrected chi connectivity index (χ2v) is 6.60. The molecule has 1 aliphatic carbocycles. The summed E-state index contributed by atoms with van der Waals surface area (Å²) in [6, 6.07) is 0.247. The van der Waals surface area contributed by atoms with Crippen LogP contribution in [0.4, 0.5) is 0 Å². The molecular weight excluding hydrogens is 224 g/mol. The van der Waals surface area contributed by atoms with Crippen molar-refractivity contribution in [3.05, 3.63) is 0 Å². The summed E-state index contributed by atoms with van der Waals surface area (Å²) in [4.78, 5) is 4.18. The van der Waals surface area contributed by atoms with Crippen molar-refractivity contribution in [1.82, 2.24) is 0 Å². The van der Waals surface area contributed by atoms with Gasteiger partial charge in [-0.1, -0.05) is 12.8 Å². The number of nitrogens with zero attached hydrogens (tertiary/aromatic N) is 1. The highest BCUT2D eigenvalue weighted by molar-refractivity contribution is 8.70. The molecule has 7 heteroatoms. The fourth-order valence-corrected chi connectivity index (χ4v) is 2.59. The van der Waals surface area contributed by atoms with E-state index in [1.807, 2.05) is 0 Å². The topological polar surface area (TPSA) is 92.8 Å². The summed E-state index contributed by atoms with van der Waals surface area (Å²) < 4.78 is 29.2. The fourth-order valence-electron chi connectivity index (χ4n) is 1.44. The third-order valence-corrected chi connectivity index (χ3v) is 3.99. The van der Waals surface area contributed by atoms with Gasteiger partial charge >= 0.3 is 9.15 Å². The minimum Gasteiger partial charge on any atom is -0.387 e. The van der Waals surface area contributed by atoms with Gasteiger partial charge in [0.15, 0.2) is 0 Å². The van der Waals surface area contributed by atoms with Gasteiger partial charge in [-0.25, -0.2) is 0 Å². The number of amidine groups is 1. The Kier molecular flexibility index (Phi) is 4.21. The number of aliphatic imine (C=N–C) groups is 1. The molecule has 1 rings (SSSR count). The first-order valence-electron chi connectivity index (χ1n) is 4.41. The zero-order valence-corrected chi connectivity index (χ0v) is 9.35. The van der Waals surface area contributed by atoms with E-state index in [-0.39, 0.29) is 11.8 Å². The first-order chi connectivity index (χ1) is 6.47. The van der Waals surface area contributed by atoms with E-state index in [0.717, 1.165) is 25.7 Å². The first kappa shape index (κ1) is 11.8. The van der Waals surface area contributed by atoms with Gasteiger partial charge in [0, 0.05) is 10.8 Å². The molecule has 0 spiro atoms. The van der Waals surface area contributed by atoms with Crippen molar-refractivity contribution in [3.8, 4) is 0 Å². The molecule has 0 aromatic rings. The zero-order chi connectivity index (χ0) is 10.6. The minimum atomic E-state index is -4.00. The lowest BCUT2D eigenvalue weighted by atomic mass is 10.3. The van der Waals surface area contributed by atoms with Crippen LogP contribution in [-0.4, -0.2) is 30.6 Å². The molecule has 0 aromatic carbocycles. The van der Waals surface area contributed by atoms with Crippen LogP contribution in [0.2, 0.25) is 0 Å². The lowest BCUT2D eigenvalue weighted by molar-refractivity contribution is 0.503. The summed E-state index contributed by atoms with van der Waals surface area (Å²) in [5.41, 5.74) is 5.51. The average molecular weight is 238 g/mol. The zero-order valence-electron chi connectivity index (χ0n) is 7.72. The number of hydrogen-bond donors (Lipinski definition) is 2. The molecule has 0 amide bonds. The maximum Gasteiger partial charge on any atom is 0.320 e. The molecule has 1 saturated carbocycles. The van der Waals surface area contributed by atoms with E-state index in [1.165, 1.54) is 0 Å². The van der Waals surface area contributed by atoms with Gasteiger partial charge in [-0.3, -0.25) is 9.55 Å². The largest absolute Gasteiger partial charge is 0.387 e. The summed E-state index contributed by atoms with van der Waals surface area (Å²) in [5.74, 6) is 0.328. The summed E-state index contributed by atoms with van der Waals surface area (Å²) in [6.45, 7) is 0. The average Bonchev–Trinajstić information content (AvgIpc) is 2.52. The van der Waals surface area contributed by atoms with Crippen LogP contribution in [0.3, 0.4) is 0 Å². The Morgan fingerprint density at radius 3 is 2.57 bits per heavy atom. The number of hydrogen-bond acceptors (Lipinski definition) is 4. The molecule has 1 aliphatic rings. The highest BCUT2D eigenvalue weighted by atomic mass is 33.1. The Labute approximate surface area is 87.3 Å². The van der Waals surface area contributed by atoms with Crippen molar-refractivity contribution in [1.29, 1.82) is 0 Å². The normalized spacial score (nSPS) is 20.2. The smallest absolute Gasteiger partial charge is 0.320 e. The van der Waals surface area contributed by atoms with E-state index in [1.54, 1.807) is 0 Å². The van der Waals surface area contributed by atoms with Crippen molar-refractivity contribution in [2.24, 2.45) is 10.7 Å². The molecule has 0 saturated heterocycles. The van der Waals surface area contributed by atoms with Gasteiger partial charge in [-0.15, -0.1) is 0 Å². The standard InChI is InChI=1S/C7H14N2O3S2/c8-7(5-13-14(10,11)12)9-6-3-1-2-4-6/h6H,1-5H2,(H2,8,9)(H,10,11,12). The van der Waals surface area contributed by atoms with E-state index < -0.39 is 9.15 Å². The second kappa shape index (κ2) is 4.99. The van der Waals surface area contributed by atoms with E-state index >= 15 is 0 Å². The molecule has 0 atom stereocenters. The molecule has 1 fully saturated rings. The summed E-state index contributed by atoms with van der Waals surface area (Å²) in [7, 11) is -3.60. The quantitative estimate of drug-likeness (QED) is 0.327. The van der Waals surface area contributed by atoms with Crippen LogP contribution in [0.25, 0.3) is 0 Å². The van der Waals surface area contributed by atoms with Crippen molar-refractivity contribution in [2.45, 2.75) is 31.7 Å².